The van der Waals surface area contributed by atoms with Crippen molar-refractivity contribution < 1.29 is 9.53 Å². The predicted octanol–water partition coefficient (Wildman–Crippen LogP) is 4.32. The van der Waals surface area contributed by atoms with Crippen LogP contribution in [0.1, 0.15) is 27.5 Å². The van der Waals surface area contributed by atoms with Crippen LogP contribution in [0.3, 0.4) is 0 Å². The molecule has 1 amide bonds. The van der Waals surface area contributed by atoms with Crippen LogP contribution in [0.4, 0.5) is 0 Å². The molecule has 4 rings (SSSR count). The van der Waals surface area contributed by atoms with Crippen molar-refractivity contribution in [1.82, 2.24) is 19.7 Å². The third-order valence-electron chi connectivity index (χ3n) is 4.51. The number of rotatable bonds is 7. The number of hydrogen-bond acceptors (Lipinski definition) is 5. The number of benzene rings is 1. The third-order valence-corrected chi connectivity index (χ3v) is 5.33. The standard InChI is InChI=1S/C23H22N4O2S/c1-16-5-4-10-27-13-19(26-23(16)27)12-24-22(28)9-8-18-6-3-7-21(11-18)29-14-20-15-30-17(2)25-20/h3-11,13,15H,12,14H2,1-2H3,(H,24,28)/b9-8+. The Kier molecular flexibility index (Phi) is 5.90. The van der Waals surface area contributed by atoms with E-state index in [1.165, 1.54) is 6.08 Å². The van der Waals surface area contributed by atoms with Gasteiger partial charge in [0.1, 0.15) is 18.0 Å². The first-order valence-corrected chi connectivity index (χ1v) is 10.5. The summed E-state index contributed by atoms with van der Waals surface area (Å²) >= 11 is 1.61. The van der Waals surface area contributed by atoms with Gasteiger partial charge >= 0.3 is 0 Å². The Morgan fingerprint density at radius 1 is 1.20 bits per heavy atom. The number of imidazole rings is 1. The molecule has 0 saturated heterocycles. The minimum atomic E-state index is -0.173. The topological polar surface area (TPSA) is 68.5 Å². The smallest absolute Gasteiger partial charge is 0.244 e. The first-order chi connectivity index (χ1) is 14.6. The number of nitrogens with one attached hydrogen (secondary N) is 1. The number of carbonyl (C=O) groups is 1. The molecule has 0 aliphatic rings. The number of carbonyl (C=O) groups excluding carboxylic acids is 1. The fourth-order valence-corrected chi connectivity index (χ4v) is 3.64. The van der Waals surface area contributed by atoms with Gasteiger partial charge < -0.3 is 14.5 Å². The van der Waals surface area contributed by atoms with Gasteiger partial charge in [-0.3, -0.25) is 4.79 Å². The highest BCUT2D eigenvalue weighted by Gasteiger charge is 2.05. The molecular formula is C23H22N4O2S. The molecule has 152 valence electrons. The van der Waals surface area contributed by atoms with Crippen molar-refractivity contribution in [3.05, 3.63) is 87.8 Å². The maximum Gasteiger partial charge on any atom is 0.244 e. The van der Waals surface area contributed by atoms with E-state index in [4.69, 9.17) is 4.74 Å². The Morgan fingerprint density at radius 3 is 2.90 bits per heavy atom. The molecule has 4 aromatic rings. The lowest BCUT2D eigenvalue weighted by Gasteiger charge is -2.05. The lowest BCUT2D eigenvalue weighted by Crippen LogP contribution is -2.20. The van der Waals surface area contributed by atoms with E-state index in [1.807, 2.05) is 72.4 Å². The summed E-state index contributed by atoms with van der Waals surface area (Å²) in [6.45, 7) is 4.79. The SMILES string of the molecule is Cc1nc(COc2cccc(/C=C/C(=O)NCc3cn4cccc(C)c4n3)c2)cs1. The highest BCUT2D eigenvalue weighted by atomic mass is 32.1. The van der Waals surface area contributed by atoms with Crippen molar-refractivity contribution in [2.75, 3.05) is 0 Å². The van der Waals surface area contributed by atoms with Crippen LogP contribution in [-0.4, -0.2) is 20.3 Å². The average molecular weight is 419 g/mol. The van der Waals surface area contributed by atoms with Crippen molar-refractivity contribution in [2.45, 2.75) is 27.0 Å². The van der Waals surface area contributed by atoms with E-state index >= 15 is 0 Å². The molecule has 0 aliphatic carbocycles. The molecule has 1 aromatic carbocycles. The van der Waals surface area contributed by atoms with Gasteiger partial charge in [-0.05, 0) is 49.2 Å². The van der Waals surface area contributed by atoms with E-state index in [0.29, 0.717) is 13.2 Å². The zero-order chi connectivity index (χ0) is 20.9. The van der Waals surface area contributed by atoms with Gasteiger partial charge in [0.05, 0.1) is 22.9 Å². The van der Waals surface area contributed by atoms with Gasteiger partial charge in [0.2, 0.25) is 5.91 Å². The molecule has 1 N–H and O–H groups in total. The van der Waals surface area contributed by atoms with Gasteiger partial charge in [-0.25, -0.2) is 9.97 Å². The summed E-state index contributed by atoms with van der Waals surface area (Å²) < 4.78 is 7.76. The summed E-state index contributed by atoms with van der Waals surface area (Å²) in [5, 5.41) is 5.89. The van der Waals surface area contributed by atoms with E-state index in [1.54, 1.807) is 17.4 Å². The normalized spacial score (nSPS) is 11.3. The number of pyridine rings is 1. The largest absolute Gasteiger partial charge is 0.487 e. The number of fused-ring (bicyclic) bond motifs is 1. The summed E-state index contributed by atoms with van der Waals surface area (Å²) in [5.41, 5.74) is 4.63. The minimum absolute atomic E-state index is 0.173. The number of aromatic nitrogens is 3. The third kappa shape index (κ3) is 4.93. The summed E-state index contributed by atoms with van der Waals surface area (Å²) in [5.74, 6) is 0.566. The summed E-state index contributed by atoms with van der Waals surface area (Å²) in [6, 6.07) is 11.6. The van der Waals surface area contributed by atoms with Crippen molar-refractivity contribution >= 4 is 29.0 Å². The number of hydrogen-bond donors (Lipinski definition) is 1. The van der Waals surface area contributed by atoms with Crippen molar-refractivity contribution in [3.63, 3.8) is 0 Å². The quantitative estimate of drug-likeness (QED) is 0.454. The van der Waals surface area contributed by atoms with Crippen LogP contribution in [0.5, 0.6) is 5.75 Å². The first kappa shape index (κ1) is 19.8. The Balaban J connectivity index is 1.32. The van der Waals surface area contributed by atoms with Gasteiger partial charge in [0.25, 0.3) is 0 Å². The monoisotopic (exact) mass is 418 g/mol. The zero-order valence-corrected chi connectivity index (χ0v) is 17.6. The zero-order valence-electron chi connectivity index (χ0n) is 16.8. The highest BCUT2D eigenvalue weighted by Crippen LogP contribution is 2.17. The van der Waals surface area contributed by atoms with E-state index in [2.05, 4.69) is 15.3 Å². The van der Waals surface area contributed by atoms with Crippen LogP contribution in [0.25, 0.3) is 11.7 Å². The lowest BCUT2D eigenvalue weighted by molar-refractivity contribution is -0.116. The molecule has 0 aliphatic heterocycles. The van der Waals surface area contributed by atoms with Crippen LogP contribution in [-0.2, 0) is 17.9 Å². The number of nitrogens with zero attached hydrogens (tertiary/aromatic N) is 3. The van der Waals surface area contributed by atoms with Crippen LogP contribution < -0.4 is 10.1 Å². The Hall–Kier alpha value is -3.45. The van der Waals surface area contributed by atoms with E-state index in [0.717, 1.165) is 38.9 Å². The molecule has 0 bridgehead atoms. The molecule has 0 saturated carbocycles. The fourth-order valence-electron chi connectivity index (χ4n) is 3.04. The molecule has 0 radical (unpaired) electrons. The van der Waals surface area contributed by atoms with Gasteiger partial charge in [-0.2, -0.15) is 0 Å². The van der Waals surface area contributed by atoms with Gasteiger partial charge in [-0.15, -0.1) is 11.3 Å². The molecule has 7 heteroatoms. The Bertz CT molecular complexity index is 1210. The number of amides is 1. The summed E-state index contributed by atoms with van der Waals surface area (Å²) in [7, 11) is 0. The molecule has 0 unspecified atom stereocenters. The van der Waals surface area contributed by atoms with Gasteiger partial charge in [-0.1, -0.05) is 18.2 Å². The molecule has 0 atom stereocenters. The van der Waals surface area contributed by atoms with Crippen LogP contribution in [0.2, 0.25) is 0 Å². The van der Waals surface area contributed by atoms with Gasteiger partial charge in [0, 0.05) is 23.8 Å². The molecule has 3 aromatic heterocycles. The van der Waals surface area contributed by atoms with Crippen LogP contribution in [0.15, 0.2) is 60.2 Å². The second kappa shape index (κ2) is 8.92. The minimum Gasteiger partial charge on any atom is -0.487 e. The van der Waals surface area contributed by atoms with Crippen LogP contribution >= 0.6 is 11.3 Å². The molecular weight excluding hydrogens is 396 g/mol. The maximum absolute atomic E-state index is 12.2. The Labute approximate surface area is 178 Å². The van der Waals surface area contributed by atoms with E-state index < -0.39 is 0 Å². The molecule has 30 heavy (non-hydrogen) atoms. The molecule has 0 spiro atoms. The van der Waals surface area contributed by atoms with Crippen molar-refractivity contribution in [2.24, 2.45) is 0 Å². The second-order valence-electron chi connectivity index (χ2n) is 6.92. The van der Waals surface area contributed by atoms with E-state index in [-0.39, 0.29) is 5.91 Å². The summed E-state index contributed by atoms with van der Waals surface area (Å²) in [4.78, 5) is 21.2. The summed E-state index contributed by atoms with van der Waals surface area (Å²) in [6.07, 6.45) is 7.16. The number of thiazole rings is 1. The second-order valence-corrected chi connectivity index (χ2v) is 7.99. The lowest BCUT2D eigenvalue weighted by atomic mass is 10.2. The number of ether oxygens (including phenoxy) is 1. The van der Waals surface area contributed by atoms with Crippen LogP contribution in [0, 0.1) is 13.8 Å². The van der Waals surface area contributed by atoms with Crippen molar-refractivity contribution in [3.8, 4) is 5.75 Å². The average Bonchev–Trinajstić information content (AvgIpc) is 3.36. The van der Waals surface area contributed by atoms with Gasteiger partial charge in [0.15, 0.2) is 0 Å². The maximum atomic E-state index is 12.2. The highest BCUT2D eigenvalue weighted by molar-refractivity contribution is 7.09. The first-order valence-electron chi connectivity index (χ1n) is 9.60. The van der Waals surface area contributed by atoms with Crippen molar-refractivity contribution in [1.29, 1.82) is 0 Å². The van der Waals surface area contributed by atoms with E-state index in [9.17, 15) is 4.79 Å². The molecule has 0 fully saturated rings. The Morgan fingerprint density at radius 2 is 2.10 bits per heavy atom. The number of aryl methyl sites for hydroxylation is 2. The predicted molar refractivity (Wildman–Crippen MR) is 118 cm³/mol. The fraction of sp³-hybridized carbons (Fsp3) is 0.174. The molecule has 6 nitrogen and oxygen atoms in total. The molecule has 3 heterocycles.